The van der Waals surface area contributed by atoms with Gasteiger partial charge in [0.2, 0.25) is 0 Å². The summed E-state index contributed by atoms with van der Waals surface area (Å²) < 4.78 is 0.853. The van der Waals surface area contributed by atoms with E-state index in [2.05, 4.69) is 53.9 Å². The number of carbonyl (C=O) groups excluding carboxylic acids is 1. The second-order valence-electron chi connectivity index (χ2n) is 8.34. The highest BCUT2D eigenvalue weighted by atomic mass is 79.9. The fourth-order valence-corrected chi connectivity index (χ4v) is 3.28. The Labute approximate surface area is 172 Å². The molecule has 0 radical (unpaired) electrons. The largest absolute Gasteiger partial charge is 0.367 e. The van der Waals surface area contributed by atoms with Gasteiger partial charge in [-0.25, -0.2) is 4.98 Å². The first-order valence-electron chi connectivity index (χ1n) is 9.13. The van der Waals surface area contributed by atoms with Gasteiger partial charge in [0.1, 0.15) is 5.82 Å². The minimum absolute atomic E-state index is 0.00870. The predicted octanol–water partition coefficient (Wildman–Crippen LogP) is 4.39. The molecular weight excluding hydrogens is 420 g/mol. The van der Waals surface area contributed by atoms with Crippen molar-refractivity contribution in [2.45, 2.75) is 33.7 Å². The standard InChI is InChI=1S/C21H25BrN4O2/c1-11(21(2,3)4)24-18-13-8-7-12(22)9-14(13)16-17(25-18)15(10-23-19(16)27)20(28)26(5)6/h7-11H,1-6H3,(H,23,27)(H,24,25). The number of anilines is 1. The summed E-state index contributed by atoms with van der Waals surface area (Å²) in [6, 6.07) is 5.88. The summed E-state index contributed by atoms with van der Waals surface area (Å²) in [6.45, 7) is 8.54. The van der Waals surface area contributed by atoms with Crippen molar-refractivity contribution < 1.29 is 4.79 Å². The molecule has 7 heteroatoms. The number of pyridine rings is 2. The highest BCUT2D eigenvalue weighted by Gasteiger charge is 2.23. The predicted molar refractivity (Wildman–Crippen MR) is 118 cm³/mol. The summed E-state index contributed by atoms with van der Waals surface area (Å²) in [6.07, 6.45) is 1.45. The normalized spacial score (nSPS) is 13.0. The van der Waals surface area contributed by atoms with Crippen LogP contribution in [0.1, 0.15) is 38.1 Å². The van der Waals surface area contributed by atoms with Crippen molar-refractivity contribution >= 4 is 49.3 Å². The molecule has 3 aromatic rings. The molecule has 0 bridgehead atoms. The summed E-state index contributed by atoms with van der Waals surface area (Å²) in [4.78, 5) is 34.3. The van der Waals surface area contributed by atoms with Crippen LogP contribution in [-0.2, 0) is 0 Å². The third-order valence-electron chi connectivity index (χ3n) is 5.09. The maximum absolute atomic E-state index is 12.7. The lowest BCUT2D eigenvalue weighted by Crippen LogP contribution is -2.31. The van der Waals surface area contributed by atoms with E-state index in [1.807, 2.05) is 18.2 Å². The van der Waals surface area contributed by atoms with E-state index >= 15 is 0 Å². The van der Waals surface area contributed by atoms with Gasteiger partial charge in [0.05, 0.1) is 16.5 Å². The Morgan fingerprint density at radius 2 is 1.93 bits per heavy atom. The summed E-state index contributed by atoms with van der Waals surface area (Å²) in [5.74, 6) is 0.453. The third kappa shape index (κ3) is 3.63. The lowest BCUT2D eigenvalue weighted by molar-refractivity contribution is 0.0829. The molecule has 0 fully saturated rings. The van der Waals surface area contributed by atoms with E-state index in [4.69, 9.17) is 4.98 Å². The van der Waals surface area contributed by atoms with Crippen LogP contribution in [0.15, 0.2) is 33.7 Å². The van der Waals surface area contributed by atoms with E-state index in [1.54, 1.807) is 14.1 Å². The first-order chi connectivity index (χ1) is 13.0. The molecule has 28 heavy (non-hydrogen) atoms. The number of H-pyrrole nitrogens is 1. The minimum Gasteiger partial charge on any atom is -0.367 e. The van der Waals surface area contributed by atoms with Gasteiger partial charge >= 0.3 is 0 Å². The van der Waals surface area contributed by atoms with Crippen molar-refractivity contribution in [2.24, 2.45) is 5.41 Å². The fourth-order valence-electron chi connectivity index (χ4n) is 2.92. The minimum atomic E-state index is -0.267. The zero-order chi connectivity index (χ0) is 20.8. The van der Waals surface area contributed by atoms with Gasteiger partial charge in [0.25, 0.3) is 11.5 Å². The molecule has 0 aliphatic rings. The van der Waals surface area contributed by atoms with Crippen molar-refractivity contribution in [1.29, 1.82) is 0 Å². The second kappa shape index (κ2) is 7.20. The fraction of sp³-hybridized carbons (Fsp3) is 0.381. The summed E-state index contributed by atoms with van der Waals surface area (Å²) >= 11 is 3.49. The average Bonchev–Trinajstić information content (AvgIpc) is 2.60. The molecule has 0 aliphatic heterocycles. The quantitative estimate of drug-likeness (QED) is 0.587. The Morgan fingerprint density at radius 1 is 1.25 bits per heavy atom. The number of benzene rings is 1. The van der Waals surface area contributed by atoms with Crippen LogP contribution in [0.5, 0.6) is 0 Å². The van der Waals surface area contributed by atoms with Gasteiger partial charge in [-0.1, -0.05) is 36.7 Å². The van der Waals surface area contributed by atoms with Crippen LogP contribution in [0, 0.1) is 5.41 Å². The van der Waals surface area contributed by atoms with Gasteiger partial charge in [0, 0.05) is 41.6 Å². The van der Waals surface area contributed by atoms with Crippen LogP contribution in [0.2, 0.25) is 0 Å². The molecule has 0 aliphatic carbocycles. The smallest absolute Gasteiger partial charge is 0.258 e. The highest BCUT2D eigenvalue weighted by Crippen LogP contribution is 2.33. The number of nitrogens with one attached hydrogen (secondary N) is 2. The molecule has 1 atom stereocenters. The van der Waals surface area contributed by atoms with Crippen molar-refractivity contribution in [3.05, 3.63) is 44.8 Å². The van der Waals surface area contributed by atoms with Gasteiger partial charge in [-0.05, 0) is 30.5 Å². The lowest BCUT2D eigenvalue weighted by atomic mass is 9.88. The molecule has 0 saturated heterocycles. The molecule has 3 rings (SSSR count). The zero-order valence-electron chi connectivity index (χ0n) is 17.0. The monoisotopic (exact) mass is 444 g/mol. The van der Waals surface area contributed by atoms with Gasteiger partial charge in [0.15, 0.2) is 0 Å². The number of hydrogen-bond acceptors (Lipinski definition) is 4. The molecule has 1 aromatic carbocycles. The number of aromatic amines is 1. The molecule has 0 spiro atoms. The molecule has 2 heterocycles. The lowest BCUT2D eigenvalue weighted by Gasteiger charge is -2.29. The van der Waals surface area contributed by atoms with Gasteiger partial charge in [-0.15, -0.1) is 0 Å². The number of aromatic nitrogens is 2. The van der Waals surface area contributed by atoms with Crippen LogP contribution in [-0.4, -0.2) is 40.9 Å². The summed E-state index contributed by atoms with van der Waals surface area (Å²) in [5, 5.41) is 5.49. The number of fused-ring (bicyclic) bond motifs is 3. The molecule has 1 amide bonds. The molecule has 2 aromatic heterocycles. The molecule has 1 unspecified atom stereocenters. The van der Waals surface area contributed by atoms with E-state index in [0.717, 1.165) is 15.2 Å². The summed E-state index contributed by atoms with van der Waals surface area (Å²) in [7, 11) is 3.36. The van der Waals surface area contributed by atoms with E-state index in [-0.39, 0.29) is 22.9 Å². The van der Waals surface area contributed by atoms with E-state index < -0.39 is 0 Å². The number of hydrogen-bond donors (Lipinski definition) is 2. The van der Waals surface area contributed by atoms with Crippen LogP contribution >= 0.6 is 15.9 Å². The maximum Gasteiger partial charge on any atom is 0.258 e. The number of rotatable bonds is 3. The second-order valence-corrected chi connectivity index (χ2v) is 9.25. The number of amides is 1. The number of carbonyl (C=O) groups is 1. The average molecular weight is 445 g/mol. The molecular formula is C21H25BrN4O2. The van der Waals surface area contributed by atoms with Crippen molar-refractivity contribution in [1.82, 2.24) is 14.9 Å². The van der Waals surface area contributed by atoms with Crippen molar-refractivity contribution in [2.75, 3.05) is 19.4 Å². The Hall–Kier alpha value is -2.41. The molecule has 0 saturated carbocycles. The summed E-state index contributed by atoms with van der Waals surface area (Å²) in [5.41, 5.74) is 0.510. The van der Waals surface area contributed by atoms with E-state index in [0.29, 0.717) is 22.3 Å². The Balaban J connectivity index is 2.41. The van der Waals surface area contributed by atoms with Crippen LogP contribution < -0.4 is 10.9 Å². The van der Waals surface area contributed by atoms with Gasteiger partial charge < -0.3 is 15.2 Å². The van der Waals surface area contributed by atoms with E-state index in [9.17, 15) is 9.59 Å². The van der Waals surface area contributed by atoms with Gasteiger partial charge in [-0.2, -0.15) is 0 Å². The zero-order valence-corrected chi connectivity index (χ0v) is 18.6. The Kier molecular flexibility index (Phi) is 5.23. The number of halogens is 1. The maximum atomic E-state index is 12.7. The topological polar surface area (TPSA) is 78.1 Å². The first kappa shape index (κ1) is 20.3. The van der Waals surface area contributed by atoms with Crippen LogP contribution in [0.25, 0.3) is 21.7 Å². The highest BCUT2D eigenvalue weighted by molar-refractivity contribution is 9.10. The van der Waals surface area contributed by atoms with Crippen molar-refractivity contribution in [3.63, 3.8) is 0 Å². The SMILES string of the molecule is CC(Nc1nc2c(C(=O)N(C)C)c[nH]c(=O)c2c2cc(Br)ccc12)C(C)(C)C. The molecule has 148 valence electrons. The Morgan fingerprint density at radius 3 is 2.54 bits per heavy atom. The first-order valence-corrected chi connectivity index (χ1v) is 9.93. The van der Waals surface area contributed by atoms with Crippen LogP contribution in [0.3, 0.4) is 0 Å². The molecule has 6 nitrogen and oxygen atoms in total. The molecule has 2 N–H and O–H groups in total. The van der Waals surface area contributed by atoms with Crippen LogP contribution in [0.4, 0.5) is 5.82 Å². The van der Waals surface area contributed by atoms with E-state index in [1.165, 1.54) is 11.1 Å². The van der Waals surface area contributed by atoms with Crippen molar-refractivity contribution in [3.8, 4) is 0 Å². The Bertz CT molecular complexity index is 1130. The van der Waals surface area contributed by atoms with Gasteiger partial charge in [-0.3, -0.25) is 9.59 Å². The number of nitrogens with zero attached hydrogens (tertiary/aromatic N) is 2. The third-order valence-corrected chi connectivity index (χ3v) is 5.58.